The Morgan fingerprint density at radius 1 is 1.36 bits per heavy atom. The summed E-state index contributed by atoms with van der Waals surface area (Å²) in [5.74, 6) is 0.00870. The van der Waals surface area contributed by atoms with Crippen LogP contribution in [0.1, 0.15) is 30.4 Å². The van der Waals surface area contributed by atoms with Crippen LogP contribution >= 0.6 is 0 Å². The molecule has 14 heavy (non-hydrogen) atoms. The van der Waals surface area contributed by atoms with E-state index in [1.54, 1.807) is 0 Å². The van der Waals surface area contributed by atoms with Crippen molar-refractivity contribution in [2.24, 2.45) is 5.73 Å². The van der Waals surface area contributed by atoms with Crippen molar-refractivity contribution < 1.29 is 13.9 Å². The fourth-order valence-electron chi connectivity index (χ4n) is 1.49. The van der Waals surface area contributed by atoms with E-state index >= 15 is 0 Å². The summed E-state index contributed by atoms with van der Waals surface area (Å²) in [7, 11) is 0. The second-order valence-corrected chi connectivity index (χ2v) is 3.73. The highest BCUT2D eigenvalue weighted by Crippen LogP contribution is 2.46. The topological polar surface area (TPSA) is 46.2 Å². The fraction of sp³-hybridized carbons (Fsp3) is 0.400. The lowest BCUT2D eigenvalue weighted by Gasteiger charge is -2.12. The number of aromatic hydroxyl groups is 1. The van der Waals surface area contributed by atoms with E-state index in [0.717, 1.165) is 12.8 Å². The van der Waals surface area contributed by atoms with Gasteiger partial charge in [-0.15, -0.1) is 0 Å². The molecule has 1 saturated carbocycles. The van der Waals surface area contributed by atoms with Crippen molar-refractivity contribution >= 4 is 0 Å². The summed E-state index contributed by atoms with van der Waals surface area (Å²) in [5.41, 5.74) is 5.61. The van der Waals surface area contributed by atoms with Gasteiger partial charge in [-0.05, 0) is 31.0 Å². The van der Waals surface area contributed by atoms with Crippen LogP contribution < -0.4 is 5.73 Å². The summed E-state index contributed by atoms with van der Waals surface area (Å²) in [6, 6.07) is 3.80. The average Bonchev–Trinajstić information content (AvgIpc) is 2.85. The highest BCUT2D eigenvalue weighted by atomic mass is 19.3. The Hall–Kier alpha value is -1.16. The highest BCUT2D eigenvalue weighted by molar-refractivity contribution is 5.44. The number of nitrogens with two attached hydrogens (primary N) is 1. The first-order valence-electron chi connectivity index (χ1n) is 4.43. The minimum Gasteiger partial charge on any atom is -0.508 e. The van der Waals surface area contributed by atoms with Gasteiger partial charge in [-0.3, -0.25) is 0 Å². The predicted molar refractivity (Wildman–Crippen MR) is 48.2 cm³/mol. The number of benzene rings is 1. The maximum Gasteiger partial charge on any atom is 0.263 e. The molecule has 3 N–H and O–H groups in total. The van der Waals surface area contributed by atoms with E-state index in [-0.39, 0.29) is 11.3 Å². The molecule has 0 atom stereocenters. The molecule has 1 aliphatic carbocycles. The largest absolute Gasteiger partial charge is 0.508 e. The Morgan fingerprint density at radius 2 is 2.00 bits per heavy atom. The fourth-order valence-corrected chi connectivity index (χ4v) is 1.49. The molecule has 76 valence electrons. The summed E-state index contributed by atoms with van der Waals surface area (Å²) in [6.07, 6.45) is -1.03. The minimum absolute atomic E-state index is 0.00870. The molecule has 2 nitrogen and oxygen atoms in total. The lowest BCUT2D eigenvalue weighted by Crippen LogP contribution is -2.19. The highest BCUT2D eigenvalue weighted by Gasteiger charge is 2.42. The van der Waals surface area contributed by atoms with Gasteiger partial charge in [0.25, 0.3) is 6.43 Å². The second-order valence-electron chi connectivity index (χ2n) is 3.73. The molecule has 1 aromatic rings. The van der Waals surface area contributed by atoms with Crippen LogP contribution in [-0.2, 0) is 5.54 Å². The van der Waals surface area contributed by atoms with E-state index in [1.165, 1.54) is 18.2 Å². The van der Waals surface area contributed by atoms with Crippen molar-refractivity contribution in [2.75, 3.05) is 0 Å². The van der Waals surface area contributed by atoms with Crippen molar-refractivity contribution in [1.29, 1.82) is 0 Å². The number of phenols is 1. The Bertz CT molecular complexity index is 361. The molecule has 0 aromatic heterocycles. The molecule has 0 saturated heterocycles. The summed E-state index contributed by atoms with van der Waals surface area (Å²) in [6.45, 7) is 0. The van der Waals surface area contributed by atoms with Gasteiger partial charge >= 0.3 is 0 Å². The van der Waals surface area contributed by atoms with Gasteiger partial charge in [0.2, 0.25) is 0 Å². The first kappa shape index (κ1) is 9.40. The Labute approximate surface area is 80.4 Å². The van der Waals surface area contributed by atoms with Crippen molar-refractivity contribution in [3.63, 3.8) is 0 Å². The zero-order valence-electron chi connectivity index (χ0n) is 7.50. The summed E-state index contributed by atoms with van der Waals surface area (Å²) < 4.78 is 24.7. The van der Waals surface area contributed by atoms with E-state index in [2.05, 4.69) is 0 Å². The predicted octanol–water partition coefficient (Wildman–Crippen LogP) is 2.28. The molecular weight excluding hydrogens is 188 g/mol. The zero-order chi connectivity index (χ0) is 10.3. The Balaban J connectivity index is 2.43. The van der Waals surface area contributed by atoms with Gasteiger partial charge < -0.3 is 10.8 Å². The zero-order valence-corrected chi connectivity index (χ0v) is 7.50. The van der Waals surface area contributed by atoms with E-state index < -0.39 is 12.0 Å². The van der Waals surface area contributed by atoms with Gasteiger partial charge in [-0.2, -0.15) is 0 Å². The summed E-state index contributed by atoms with van der Waals surface area (Å²) in [5, 5.41) is 9.47. The van der Waals surface area contributed by atoms with Gasteiger partial charge in [0.15, 0.2) is 0 Å². The van der Waals surface area contributed by atoms with E-state index in [4.69, 9.17) is 5.73 Å². The van der Waals surface area contributed by atoms with Gasteiger partial charge in [-0.25, -0.2) is 8.78 Å². The van der Waals surface area contributed by atoms with Crippen LogP contribution in [0.4, 0.5) is 8.78 Å². The van der Waals surface area contributed by atoms with Gasteiger partial charge in [0, 0.05) is 16.7 Å². The number of hydrogen-bond acceptors (Lipinski definition) is 2. The van der Waals surface area contributed by atoms with Crippen molar-refractivity contribution in [1.82, 2.24) is 0 Å². The molecular formula is C10H11F2NO. The van der Waals surface area contributed by atoms with Crippen LogP contribution in [0.5, 0.6) is 5.75 Å². The van der Waals surface area contributed by atoms with Gasteiger partial charge in [0.1, 0.15) is 5.75 Å². The number of rotatable bonds is 2. The average molecular weight is 199 g/mol. The molecule has 0 aliphatic heterocycles. The molecule has 0 heterocycles. The van der Waals surface area contributed by atoms with Crippen molar-refractivity contribution in [2.45, 2.75) is 24.8 Å². The monoisotopic (exact) mass is 199 g/mol. The lowest BCUT2D eigenvalue weighted by atomic mass is 10.0. The van der Waals surface area contributed by atoms with Gasteiger partial charge in [0.05, 0.1) is 0 Å². The van der Waals surface area contributed by atoms with Crippen molar-refractivity contribution in [3.8, 4) is 5.75 Å². The molecule has 0 amide bonds. The van der Waals surface area contributed by atoms with Gasteiger partial charge in [-0.1, -0.05) is 0 Å². The quantitative estimate of drug-likeness (QED) is 0.767. The van der Waals surface area contributed by atoms with Crippen LogP contribution in [0, 0.1) is 0 Å². The molecule has 0 unspecified atom stereocenters. The molecule has 1 fully saturated rings. The maximum atomic E-state index is 12.4. The van der Waals surface area contributed by atoms with Crippen LogP contribution in [0.3, 0.4) is 0 Å². The molecule has 1 aliphatic rings. The Morgan fingerprint density at radius 3 is 2.50 bits per heavy atom. The van der Waals surface area contributed by atoms with Crippen LogP contribution in [-0.4, -0.2) is 5.11 Å². The molecule has 2 rings (SSSR count). The van der Waals surface area contributed by atoms with Crippen LogP contribution in [0.2, 0.25) is 0 Å². The molecule has 0 spiro atoms. The summed E-state index contributed by atoms with van der Waals surface area (Å²) >= 11 is 0. The van der Waals surface area contributed by atoms with E-state index in [9.17, 15) is 13.9 Å². The molecule has 1 aromatic carbocycles. The molecule has 4 heteroatoms. The van der Waals surface area contributed by atoms with E-state index in [0.29, 0.717) is 5.56 Å². The summed E-state index contributed by atoms with van der Waals surface area (Å²) in [4.78, 5) is 0. The smallest absolute Gasteiger partial charge is 0.263 e. The van der Waals surface area contributed by atoms with E-state index in [1.807, 2.05) is 0 Å². The first-order chi connectivity index (χ1) is 6.53. The third-order valence-corrected chi connectivity index (χ3v) is 2.60. The normalized spacial score (nSPS) is 18.6. The maximum absolute atomic E-state index is 12.4. The molecule has 0 bridgehead atoms. The number of phenolic OH excluding ortho intramolecular Hbond substituents is 1. The lowest BCUT2D eigenvalue weighted by molar-refractivity contribution is 0.151. The number of hydrogen-bond donors (Lipinski definition) is 2. The van der Waals surface area contributed by atoms with Crippen LogP contribution in [0.25, 0.3) is 0 Å². The molecule has 0 radical (unpaired) electrons. The third kappa shape index (κ3) is 1.46. The first-order valence-corrected chi connectivity index (χ1v) is 4.43. The minimum atomic E-state index is -2.52. The van der Waals surface area contributed by atoms with Crippen LogP contribution in [0.15, 0.2) is 18.2 Å². The standard InChI is InChI=1S/C10H11F2NO/c11-9(12)6-1-2-8(14)7(5-6)10(13)3-4-10/h1-2,5,9,14H,3-4,13H2. The SMILES string of the molecule is NC1(c2cc(C(F)F)ccc2O)CC1. The second kappa shape index (κ2) is 2.92. The Kier molecular flexibility index (Phi) is 1.96. The number of alkyl halides is 2. The van der Waals surface area contributed by atoms with Crippen molar-refractivity contribution in [3.05, 3.63) is 29.3 Å². The number of halogens is 2. The third-order valence-electron chi connectivity index (χ3n) is 2.60.